The van der Waals surface area contributed by atoms with Gasteiger partial charge in [-0.05, 0) is 74.7 Å². The van der Waals surface area contributed by atoms with Crippen molar-refractivity contribution in [3.63, 3.8) is 0 Å². The number of rotatable bonds is 7. The fourth-order valence-corrected chi connectivity index (χ4v) is 4.54. The Kier molecular flexibility index (Phi) is 5.81. The van der Waals surface area contributed by atoms with Crippen molar-refractivity contribution < 1.29 is 14.0 Å². The number of aromatic amines is 1. The summed E-state index contributed by atoms with van der Waals surface area (Å²) >= 11 is 0. The van der Waals surface area contributed by atoms with Crippen molar-refractivity contribution in [3.8, 4) is 22.9 Å². The molecule has 1 N–H and O–H groups in total. The van der Waals surface area contributed by atoms with E-state index in [1.165, 1.54) is 10.9 Å². The highest BCUT2D eigenvalue weighted by Gasteiger charge is 2.24. The number of H-pyrrole nitrogens is 1. The molecule has 2 aromatic carbocycles. The van der Waals surface area contributed by atoms with E-state index in [1.54, 1.807) is 7.11 Å². The van der Waals surface area contributed by atoms with Gasteiger partial charge in [-0.2, -0.15) is 4.98 Å². The van der Waals surface area contributed by atoms with Crippen molar-refractivity contribution in [2.24, 2.45) is 0 Å². The summed E-state index contributed by atoms with van der Waals surface area (Å²) in [4.78, 5) is 10.4. The number of nitrogens with one attached hydrogen (secondary N) is 1. The molecule has 0 amide bonds. The number of likely N-dealkylation sites (tertiary alicyclic amines) is 1. The van der Waals surface area contributed by atoms with E-state index in [4.69, 9.17) is 14.0 Å². The van der Waals surface area contributed by atoms with Gasteiger partial charge in [-0.25, -0.2) is 0 Å². The zero-order chi connectivity index (χ0) is 21.9. The number of hydrogen-bond donors (Lipinski definition) is 1. The molecule has 0 atom stereocenters. The predicted octanol–water partition coefficient (Wildman–Crippen LogP) is 5.00. The molecule has 7 nitrogen and oxygen atoms in total. The smallest absolute Gasteiger partial charge is 0.241 e. The third-order valence-electron chi connectivity index (χ3n) is 6.20. The van der Waals surface area contributed by atoms with Gasteiger partial charge in [0, 0.05) is 17.1 Å². The number of para-hydroxylation sites is 1. The molecular formula is C25H28N4O3. The Morgan fingerprint density at radius 1 is 1.16 bits per heavy atom. The standard InChI is InChI=1S/C25H28N4O3/c1-3-31-23-7-5-4-6-19(23)25-27-24(32-28-25)16-29-12-10-17(11-13-29)21-15-26-22-9-8-18(30-2)14-20(21)22/h4-9,14-15,17,26H,3,10-13,16H2,1-2H3. The van der Waals surface area contributed by atoms with Crippen LogP contribution in [0.2, 0.25) is 0 Å². The van der Waals surface area contributed by atoms with Gasteiger partial charge in [-0.3, -0.25) is 4.90 Å². The second-order valence-corrected chi connectivity index (χ2v) is 8.15. The average Bonchev–Trinajstić information content (AvgIpc) is 3.47. The molecular weight excluding hydrogens is 404 g/mol. The SMILES string of the molecule is CCOc1ccccc1-c1noc(CN2CCC(c3c[nH]c4ccc(OC)cc34)CC2)n1. The summed E-state index contributed by atoms with van der Waals surface area (Å²) < 4.78 is 16.7. The van der Waals surface area contributed by atoms with E-state index < -0.39 is 0 Å². The quantitative estimate of drug-likeness (QED) is 0.443. The van der Waals surface area contributed by atoms with E-state index in [1.807, 2.05) is 37.3 Å². The van der Waals surface area contributed by atoms with Crippen LogP contribution in [0.4, 0.5) is 0 Å². The Balaban J connectivity index is 1.24. The van der Waals surface area contributed by atoms with Gasteiger partial charge in [0.2, 0.25) is 11.7 Å². The first-order valence-electron chi connectivity index (χ1n) is 11.2. The molecule has 1 saturated heterocycles. The van der Waals surface area contributed by atoms with E-state index in [0.29, 0.717) is 30.8 Å². The fourth-order valence-electron chi connectivity index (χ4n) is 4.54. The van der Waals surface area contributed by atoms with Crippen molar-refractivity contribution in [3.05, 3.63) is 60.1 Å². The van der Waals surface area contributed by atoms with Crippen molar-refractivity contribution in [2.45, 2.75) is 32.2 Å². The third kappa shape index (κ3) is 4.08. The lowest BCUT2D eigenvalue weighted by Gasteiger charge is -2.30. The topological polar surface area (TPSA) is 76.4 Å². The monoisotopic (exact) mass is 432 g/mol. The molecule has 0 bridgehead atoms. The van der Waals surface area contributed by atoms with E-state index in [-0.39, 0.29) is 0 Å². The van der Waals surface area contributed by atoms with Crippen molar-refractivity contribution in [1.29, 1.82) is 0 Å². The van der Waals surface area contributed by atoms with Crippen LogP contribution in [0.1, 0.15) is 37.1 Å². The largest absolute Gasteiger partial charge is 0.497 e. The summed E-state index contributed by atoms with van der Waals surface area (Å²) in [6.07, 6.45) is 4.35. The second kappa shape index (κ2) is 9.04. The number of fused-ring (bicyclic) bond motifs is 1. The van der Waals surface area contributed by atoms with Gasteiger partial charge in [0.15, 0.2) is 0 Å². The minimum Gasteiger partial charge on any atom is -0.497 e. The molecule has 0 saturated carbocycles. The van der Waals surface area contributed by atoms with Crippen LogP contribution in [0, 0.1) is 0 Å². The van der Waals surface area contributed by atoms with Crippen LogP contribution in [0.25, 0.3) is 22.3 Å². The minimum atomic E-state index is 0.531. The maximum atomic E-state index is 5.70. The third-order valence-corrected chi connectivity index (χ3v) is 6.20. The van der Waals surface area contributed by atoms with Crippen LogP contribution in [0.3, 0.4) is 0 Å². The lowest BCUT2D eigenvalue weighted by atomic mass is 9.89. The van der Waals surface area contributed by atoms with Crippen molar-refractivity contribution >= 4 is 10.9 Å². The zero-order valence-corrected chi connectivity index (χ0v) is 18.5. The number of nitrogens with zero attached hydrogens (tertiary/aromatic N) is 3. The van der Waals surface area contributed by atoms with Crippen LogP contribution in [0.15, 0.2) is 53.2 Å². The molecule has 0 spiro atoms. The summed E-state index contributed by atoms with van der Waals surface area (Å²) in [6, 6.07) is 14.0. The van der Waals surface area contributed by atoms with E-state index in [9.17, 15) is 0 Å². The maximum absolute atomic E-state index is 5.70. The summed E-state index contributed by atoms with van der Waals surface area (Å²) in [7, 11) is 1.71. The fraction of sp³-hybridized carbons (Fsp3) is 0.360. The molecule has 0 aliphatic carbocycles. The molecule has 5 rings (SSSR count). The summed E-state index contributed by atoms with van der Waals surface area (Å²) in [5.41, 5.74) is 3.40. The van der Waals surface area contributed by atoms with Crippen molar-refractivity contribution in [1.82, 2.24) is 20.0 Å². The molecule has 1 aliphatic heterocycles. The van der Waals surface area contributed by atoms with E-state index in [2.05, 4.69) is 38.4 Å². The average molecular weight is 433 g/mol. The Morgan fingerprint density at radius 2 is 2.00 bits per heavy atom. The number of benzene rings is 2. The molecule has 4 aromatic rings. The highest BCUT2D eigenvalue weighted by molar-refractivity contribution is 5.85. The molecule has 1 aliphatic rings. The highest BCUT2D eigenvalue weighted by atomic mass is 16.5. The second-order valence-electron chi connectivity index (χ2n) is 8.15. The molecule has 0 radical (unpaired) electrons. The number of ether oxygens (including phenoxy) is 2. The Hall–Kier alpha value is -3.32. The van der Waals surface area contributed by atoms with Crippen LogP contribution in [-0.4, -0.2) is 46.8 Å². The molecule has 32 heavy (non-hydrogen) atoms. The van der Waals surface area contributed by atoms with E-state index in [0.717, 1.165) is 48.5 Å². The minimum absolute atomic E-state index is 0.531. The summed E-state index contributed by atoms with van der Waals surface area (Å²) in [6.45, 7) is 5.22. The molecule has 2 aromatic heterocycles. The predicted molar refractivity (Wildman–Crippen MR) is 123 cm³/mol. The number of piperidine rings is 1. The Bertz CT molecular complexity index is 1190. The first-order chi connectivity index (χ1) is 15.7. The van der Waals surface area contributed by atoms with Crippen LogP contribution in [-0.2, 0) is 6.54 Å². The first-order valence-corrected chi connectivity index (χ1v) is 11.2. The van der Waals surface area contributed by atoms with Gasteiger partial charge >= 0.3 is 0 Å². The number of hydrogen-bond acceptors (Lipinski definition) is 6. The van der Waals surface area contributed by atoms with Gasteiger partial charge in [-0.15, -0.1) is 0 Å². The molecule has 1 fully saturated rings. The number of aromatic nitrogens is 3. The van der Waals surface area contributed by atoms with Crippen LogP contribution >= 0.6 is 0 Å². The summed E-state index contributed by atoms with van der Waals surface area (Å²) in [5.74, 6) is 3.42. The first kappa shape index (κ1) is 20.6. The van der Waals surface area contributed by atoms with Gasteiger partial charge < -0.3 is 19.0 Å². The van der Waals surface area contributed by atoms with Gasteiger partial charge in [-0.1, -0.05) is 17.3 Å². The Morgan fingerprint density at radius 3 is 2.81 bits per heavy atom. The molecule has 3 heterocycles. The molecule has 166 valence electrons. The Labute approximate surface area is 187 Å². The molecule has 0 unspecified atom stereocenters. The van der Waals surface area contributed by atoms with Crippen molar-refractivity contribution in [2.75, 3.05) is 26.8 Å². The summed E-state index contributed by atoms with van der Waals surface area (Å²) in [5, 5.41) is 5.45. The van der Waals surface area contributed by atoms with Gasteiger partial charge in [0.05, 0.1) is 25.8 Å². The van der Waals surface area contributed by atoms with Crippen LogP contribution < -0.4 is 9.47 Å². The highest BCUT2D eigenvalue weighted by Crippen LogP contribution is 2.35. The lowest BCUT2D eigenvalue weighted by Crippen LogP contribution is -2.32. The van der Waals surface area contributed by atoms with Gasteiger partial charge in [0.1, 0.15) is 11.5 Å². The number of methoxy groups -OCH3 is 1. The normalized spacial score (nSPS) is 15.3. The molecule has 7 heteroatoms. The van der Waals surface area contributed by atoms with E-state index >= 15 is 0 Å². The van der Waals surface area contributed by atoms with Gasteiger partial charge in [0.25, 0.3) is 0 Å². The lowest BCUT2D eigenvalue weighted by molar-refractivity contribution is 0.181. The maximum Gasteiger partial charge on any atom is 0.241 e. The zero-order valence-electron chi connectivity index (χ0n) is 18.5. The van der Waals surface area contributed by atoms with Crippen LogP contribution in [0.5, 0.6) is 11.5 Å².